The zero-order valence-corrected chi connectivity index (χ0v) is 10.7. The van der Waals surface area contributed by atoms with Crippen LogP contribution in [0.5, 0.6) is 5.75 Å². The summed E-state index contributed by atoms with van der Waals surface area (Å²) in [7, 11) is 1.61. The number of aliphatic imine (C=N–C) groups is 1. The van der Waals surface area contributed by atoms with Crippen LogP contribution in [0.3, 0.4) is 0 Å². The summed E-state index contributed by atoms with van der Waals surface area (Å²) in [4.78, 5) is 14.6. The molecule has 1 aliphatic rings. The first kappa shape index (κ1) is 12.2. The van der Waals surface area contributed by atoms with E-state index in [1.165, 1.54) is 0 Å². The van der Waals surface area contributed by atoms with Gasteiger partial charge in [-0.1, -0.05) is 11.6 Å². The molecule has 0 spiro atoms. The van der Waals surface area contributed by atoms with Crippen molar-refractivity contribution in [1.82, 2.24) is 0 Å². The summed E-state index contributed by atoms with van der Waals surface area (Å²) in [6.45, 7) is 1.96. The summed E-state index contributed by atoms with van der Waals surface area (Å²) in [5.74, 6) is 0.736. The molecule has 1 fully saturated rings. The second-order valence-corrected chi connectivity index (χ2v) is 4.81. The van der Waals surface area contributed by atoms with Crippen molar-refractivity contribution < 1.29 is 9.53 Å². The molecule has 1 aromatic rings. The number of isocyanates is 1. The van der Waals surface area contributed by atoms with E-state index < -0.39 is 5.54 Å². The quantitative estimate of drug-likeness (QED) is 0.610. The SMILES string of the molecule is COc1cc(Cl)cc(C2(N=C=O)CCC2)c1C. The van der Waals surface area contributed by atoms with Gasteiger partial charge in [0, 0.05) is 5.02 Å². The van der Waals surface area contributed by atoms with Crippen molar-refractivity contribution in [3.63, 3.8) is 0 Å². The maximum atomic E-state index is 10.6. The standard InChI is InChI=1S/C13H14ClNO2/c1-9-11(6-10(14)7-12(9)17-2)13(15-8-16)4-3-5-13/h6-7H,3-5H2,1-2H3. The van der Waals surface area contributed by atoms with Gasteiger partial charge in [-0.25, -0.2) is 4.79 Å². The van der Waals surface area contributed by atoms with Crippen LogP contribution in [0, 0.1) is 6.92 Å². The van der Waals surface area contributed by atoms with Crippen LogP contribution >= 0.6 is 11.6 Å². The van der Waals surface area contributed by atoms with Crippen molar-refractivity contribution in [2.75, 3.05) is 7.11 Å². The number of ether oxygens (including phenoxy) is 1. The molecule has 0 heterocycles. The Bertz CT molecular complexity index is 488. The molecule has 0 atom stereocenters. The van der Waals surface area contributed by atoms with Crippen molar-refractivity contribution in [2.24, 2.45) is 4.99 Å². The fourth-order valence-corrected chi connectivity index (χ4v) is 2.60. The van der Waals surface area contributed by atoms with E-state index in [2.05, 4.69) is 4.99 Å². The van der Waals surface area contributed by atoms with Gasteiger partial charge < -0.3 is 4.74 Å². The summed E-state index contributed by atoms with van der Waals surface area (Å²) < 4.78 is 5.28. The van der Waals surface area contributed by atoms with Crippen LogP contribution in [0.15, 0.2) is 17.1 Å². The molecule has 0 unspecified atom stereocenters. The van der Waals surface area contributed by atoms with Crippen LogP contribution in [0.1, 0.15) is 30.4 Å². The summed E-state index contributed by atoms with van der Waals surface area (Å²) in [6, 6.07) is 3.65. The molecular formula is C13H14ClNO2. The number of rotatable bonds is 3. The Hall–Kier alpha value is -1.31. The predicted molar refractivity (Wildman–Crippen MR) is 66.4 cm³/mol. The van der Waals surface area contributed by atoms with Gasteiger partial charge in [-0.05, 0) is 49.4 Å². The fourth-order valence-electron chi connectivity index (χ4n) is 2.39. The van der Waals surface area contributed by atoms with Gasteiger partial charge in [-0.15, -0.1) is 0 Å². The van der Waals surface area contributed by atoms with Crippen LogP contribution < -0.4 is 4.74 Å². The molecule has 4 heteroatoms. The zero-order valence-electron chi connectivity index (χ0n) is 9.92. The number of hydrogen-bond acceptors (Lipinski definition) is 3. The Labute approximate surface area is 105 Å². The van der Waals surface area contributed by atoms with Crippen LogP contribution in [0.2, 0.25) is 5.02 Å². The Morgan fingerprint density at radius 3 is 2.65 bits per heavy atom. The van der Waals surface area contributed by atoms with E-state index in [4.69, 9.17) is 16.3 Å². The van der Waals surface area contributed by atoms with Gasteiger partial charge in [0.15, 0.2) is 0 Å². The van der Waals surface area contributed by atoms with Gasteiger partial charge in [-0.2, -0.15) is 4.99 Å². The second-order valence-electron chi connectivity index (χ2n) is 4.37. The minimum absolute atomic E-state index is 0.427. The third-order valence-corrected chi connectivity index (χ3v) is 3.70. The number of carbonyl (C=O) groups excluding carboxylic acids is 1. The molecule has 17 heavy (non-hydrogen) atoms. The zero-order chi connectivity index (χ0) is 12.5. The highest BCUT2D eigenvalue weighted by molar-refractivity contribution is 6.30. The van der Waals surface area contributed by atoms with Gasteiger partial charge in [0.05, 0.1) is 12.6 Å². The van der Waals surface area contributed by atoms with E-state index in [1.807, 2.05) is 13.0 Å². The van der Waals surface area contributed by atoms with Gasteiger partial charge in [0.2, 0.25) is 6.08 Å². The van der Waals surface area contributed by atoms with Gasteiger partial charge >= 0.3 is 0 Å². The minimum Gasteiger partial charge on any atom is -0.496 e. The molecule has 2 rings (SSSR count). The topological polar surface area (TPSA) is 38.7 Å². The lowest BCUT2D eigenvalue weighted by Gasteiger charge is -2.38. The lowest BCUT2D eigenvalue weighted by atomic mass is 9.71. The highest BCUT2D eigenvalue weighted by atomic mass is 35.5. The molecule has 0 N–H and O–H groups in total. The van der Waals surface area contributed by atoms with Gasteiger partial charge in [0.1, 0.15) is 5.75 Å². The number of benzene rings is 1. The Balaban J connectivity index is 2.58. The molecule has 90 valence electrons. The molecular weight excluding hydrogens is 238 g/mol. The summed E-state index contributed by atoms with van der Waals surface area (Å²) >= 11 is 6.07. The van der Waals surface area contributed by atoms with E-state index >= 15 is 0 Å². The number of halogens is 1. The van der Waals surface area contributed by atoms with Crippen molar-refractivity contribution >= 4 is 17.7 Å². The largest absolute Gasteiger partial charge is 0.496 e. The molecule has 0 bridgehead atoms. The molecule has 3 nitrogen and oxygen atoms in total. The number of methoxy groups -OCH3 is 1. The highest BCUT2D eigenvalue weighted by Crippen LogP contribution is 2.48. The van der Waals surface area contributed by atoms with Crippen LogP contribution in [-0.4, -0.2) is 13.2 Å². The summed E-state index contributed by atoms with van der Waals surface area (Å²) in [5, 5.41) is 0.606. The molecule has 0 amide bonds. The average Bonchev–Trinajstić information content (AvgIpc) is 2.26. The van der Waals surface area contributed by atoms with Crippen molar-refractivity contribution in [3.05, 3.63) is 28.3 Å². The fraction of sp³-hybridized carbons (Fsp3) is 0.462. The second kappa shape index (κ2) is 4.52. The monoisotopic (exact) mass is 251 g/mol. The first-order valence-electron chi connectivity index (χ1n) is 5.56. The maximum absolute atomic E-state index is 10.6. The van der Waals surface area contributed by atoms with Gasteiger partial charge in [0.25, 0.3) is 0 Å². The maximum Gasteiger partial charge on any atom is 0.235 e. The first-order chi connectivity index (χ1) is 8.13. The molecule has 1 saturated carbocycles. The predicted octanol–water partition coefficient (Wildman–Crippen LogP) is 3.37. The normalized spacial score (nSPS) is 16.9. The summed E-state index contributed by atoms with van der Waals surface area (Å²) in [5.41, 5.74) is 1.55. The van der Waals surface area contributed by atoms with E-state index in [0.29, 0.717) is 5.02 Å². The number of nitrogens with zero attached hydrogens (tertiary/aromatic N) is 1. The van der Waals surface area contributed by atoms with E-state index in [1.54, 1.807) is 19.3 Å². The Morgan fingerprint density at radius 1 is 1.47 bits per heavy atom. The Kier molecular flexibility index (Phi) is 3.23. The first-order valence-corrected chi connectivity index (χ1v) is 5.94. The molecule has 1 aliphatic carbocycles. The smallest absolute Gasteiger partial charge is 0.235 e. The van der Waals surface area contributed by atoms with Crippen LogP contribution in [0.4, 0.5) is 0 Å². The van der Waals surface area contributed by atoms with Gasteiger partial charge in [-0.3, -0.25) is 0 Å². The molecule has 0 aromatic heterocycles. The van der Waals surface area contributed by atoms with E-state index in [9.17, 15) is 4.79 Å². The highest BCUT2D eigenvalue weighted by Gasteiger charge is 2.40. The van der Waals surface area contributed by atoms with Crippen LogP contribution in [0.25, 0.3) is 0 Å². The molecule has 0 radical (unpaired) electrons. The minimum atomic E-state index is -0.427. The van der Waals surface area contributed by atoms with Crippen molar-refractivity contribution in [3.8, 4) is 5.75 Å². The number of hydrogen-bond donors (Lipinski definition) is 0. The van der Waals surface area contributed by atoms with E-state index in [-0.39, 0.29) is 0 Å². The third-order valence-electron chi connectivity index (χ3n) is 3.49. The summed E-state index contributed by atoms with van der Waals surface area (Å²) in [6.07, 6.45) is 4.49. The van der Waals surface area contributed by atoms with E-state index in [0.717, 1.165) is 36.1 Å². The lowest BCUT2D eigenvalue weighted by Crippen LogP contribution is -2.32. The molecule has 1 aromatic carbocycles. The van der Waals surface area contributed by atoms with Crippen LogP contribution in [-0.2, 0) is 10.3 Å². The average molecular weight is 252 g/mol. The Morgan fingerprint density at radius 2 is 2.18 bits per heavy atom. The lowest BCUT2D eigenvalue weighted by molar-refractivity contribution is 0.253. The molecule has 0 saturated heterocycles. The molecule has 0 aliphatic heterocycles. The van der Waals surface area contributed by atoms with Crippen molar-refractivity contribution in [2.45, 2.75) is 31.7 Å². The van der Waals surface area contributed by atoms with Crippen molar-refractivity contribution in [1.29, 1.82) is 0 Å². The third kappa shape index (κ3) is 1.97.